The highest BCUT2D eigenvalue weighted by Gasteiger charge is 2.08. The van der Waals surface area contributed by atoms with Gasteiger partial charge in [-0.05, 0) is 18.6 Å². The van der Waals surface area contributed by atoms with Crippen LogP contribution in [0.3, 0.4) is 0 Å². The number of allylic oxidation sites excluding steroid dienone is 1. The highest BCUT2D eigenvalue weighted by Crippen LogP contribution is 2.10. The molecule has 0 radical (unpaired) electrons. The van der Waals surface area contributed by atoms with Gasteiger partial charge in [0.15, 0.2) is 5.76 Å². The highest BCUT2D eigenvalue weighted by atomic mass is 16.3. The van der Waals surface area contributed by atoms with E-state index in [4.69, 9.17) is 4.42 Å². The highest BCUT2D eigenvalue weighted by molar-refractivity contribution is 5.94. The zero-order chi connectivity index (χ0) is 8.97. The standard InChI is InChI=1S/C10H12O2/c1-3-8(2)7-9(11)10-5-4-6-12-10/h4-6H,2-3,7H2,1H3. The Kier molecular flexibility index (Phi) is 2.86. The Bertz CT molecular complexity index is 270. The van der Waals surface area contributed by atoms with E-state index in [2.05, 4.69) is 6.58 Å². The molecular weight excluding hydrogens is 152 g/mol. The van der Waals surface area contributed by atoms with Crippen molar-refractivity contribution >= 4 is 5.78 Å². The van der Waals surface area contributed by atoms with E-state index in [0.717, 1.165) is 12.0 Å². The summed E-state index contributed by atoms with van der Waals surface area (Å²) >= 11 is 0. The van der Waals surface area contributed by atoms with Crippen molar-refractivity contribution in [2.24, 2.45) is 0 Å². The molecule has 1 heterocycles. The summed E-state index contributed by atoms with van der Waals surface area (Å²) < 4.78 is 4.95. The average molecular weight is 164 g/mol. The summed E-state index contributed by atoms with van der Waals surface area (Å²) in [5, 5.41) is 0. The van der Waals surface area contributed by atoms with Crippen LogP contribution >= 0.6 is 0 Å². The second-order valence-electron chi connectivity index (χ2n) is 2.68. The van der Waals surface area contributed by atoms with Gasteiger partial charge in [-0.1, -0.05) is 19.1 Å². The molecule has 0 aliphatic heterocycles. The van der Waals surface area contributed by atoms with Gasteiger partial charge in [0.1, 0.15) is 0 Å². The van der Waals surface area contributed by atoms with E-state index in [0.29, 0.717) is 12.2 Å². The molecule has 0 spiro atoms. The normalized spacial score (nSPS) is 9.75. The first-order valence-corrected chi connectivity index (χ1v) is 3.97. The minimum absolute atomic E-state index is 0.00634. The molecule has 0 N–H and O–H groups in total. The van der Waals surface area contributed by atoms with Crippen molar-refractivity contribution in [3.8, 4) is 0 Å². The molecule has 0 aliphatic carbocycles. The fraction of sp³-hybridized carbons (Fsp3) is 0.300. The number of hydrogen-bond acceptors (Lipinski definition) is 2. The van der Waals surface area contributed by atoms with E-state index in [9.17, 15) is 4.79 Å². The van der Waals surface area contributed by atoms with Gasteiger partial charge in [0, 0.05) is 6.42 Å². The molecule has 0 amide bonds. The van der Waals surface area contributed by atoms with Crippen LogP contribution in [-0.4, -0.2) is 5.78 Å². The Balaban J connectivity index is 2.56. The summed E-state index contributed by atoms with van der Waals surface area (Å²) in [6.07, 6.45) is 2.73. The van der Waals surface area contributed by atoms with Crippen LogP contribution in [0.5, 0.6) is 0 Å². The van der Waals surface area contributed by atoms with Gasteiger partial charge in [-0.3, -0.25) is 4.79 Å². The summed E-state index contributed by atoms with van der Waals surface area (Å²) in [5.74, 6) is 0.427. The predicted molar refractivity (Wildman–Crippen MR) is 47.1 cm³/mol. The van der Waals surface area contributed by atoms with Gasteiger partial charge in [0.2, 0.25) is 5.78 Å². The molecule has 0 unspecified atom stereocenters. The number of carbonyl (C=O) groups is 1. The maximum absolute atomic E-state index is 11.3. The average Bonchev–Trinajstić information content (AvgIpc) is 2.56. The Labute approximate surface area is 71.9 Å². The third-order valence-electron chi connectivity index (χ3n) is 1.71. The summed E-state index contributed by atoms with van der Waals surface area (Å²) in [5.41, 5.74) is 0.941. The van der Waals surface area contributed by atoms with Gasteiger partial charge in [-0.15, -0.1) is 0 Å². The van der Waals surface area contributed by atoms with Crippen molar-refractivity contribution in [3.63, 3.8) is 0 Å². The molecule has 2 heteroatoms. The first-order valence-electron chi connectivity index (χ1n) is 3.97. The van der Waals surface area contributed by atoms with E-state index in [1.807, 2.05) is 6.92 Å². The molecule has 1 aromatic heterocycles. The molecule has 64 valence electrons. The Morgan fingerprint density at radius 1 is 1.67 bits per heavy atom. The van der Waals surface area contributed by atoms with Gasteiger partial charge in [0.05, 0.1) is 6.26 Å². The molecule has 12 heavy (non-hydrogen) atoms. The molecule has 0 saturated heterocycles. The molecule has 1 aromatic rings. The van der Waals surface area contributed by atoms with Crippen molar-refractivity contribution < 1.29 is 9.21 Å². The van der Waals surface area contributed by atoms with Crippen LogP contribution in [-0.2, 0) is 0 Å². The molecule has 0 aromatic carbocycles. The molecule has 0 bridgehead atoms. The first-order chi connectivity index (χ1) is 5.74. The maximum Gasteiger partial charge on any atom is 0.201 e. The van der Waals surface area contributed by atoms with Crippen LogP contribution in [0.1, 0.15) is 30.3 Å². The number of rotatable bonds is 4. The third kappa shape index (κ3) is 2.09. The zero-order valence-corrected chi connectivity index (χ0v) is 7.17. The second-order valence-corrected chi connectivity index (χ2v) is 2.68. The Morgan fingerprint density at radius 2 is 2.42 bits per heavy atom. The Hall–Kier alpha value is -1.31. The lowest BCUT2D eigenvalue weighted by Crippen LogP contribution is -1.97. The van der Waals surface area contributed by atoms with Gasteiger partial charge in [-0.2, -0.15) is 0 Å². The third-order valence-corrected chi connectivity index (χ3v) is 1.71. The van der Waals surface area contributed by atoms with Crippen molar-refractivity contribution in [3.05, 3.63) is 36.3 Å². The fourth-order valence-corrected chi connectivity index (χ4v) is 0.876. The Morgan fingerprint density at radius 3 is 2.92 bits per heavy atom. The molecule has 0 atom stereocenters. The minimum atomic E-state index is 0.00634. The summed E-state index contributed by atoms with van der Waals surface area (Å²) in [6.45, 7) is 5.74. The van der Waals surface area contributed by atoms with Crippen LogP contribution in [0.4, 0.5) is 0 Å². The summed E-state index contributed by atoms with van der Waals surface area (Å²) in [7, 11) is 0. The minimum Gasteiger partial charge on any atom is -0.461 e. The van der Waals surface area contributed by atoms with E-state index in [1.54, 1.807) is 12.1 Å². The predicted octanol–water partition coefficient (Wildman–Crippen LogP) is 2.82. The van der Waals surface area contributed by atoms with Crippen LogP contribution in [0, 0.1) is 0 Å². The summed E-state index contributed by atoms with van der Waals surface area (Å²) in [4.78, 5) is 11.3. The number of carbonyl (C=O) groups excluding carboxylic acids is 1. The van der Waals surface area contributed by atoms with E-state index in [1.165, 1.54) is 6.26 Å². The number of hydrogen-bond donors (Lipinski definition) is 0. The largest absolute Gasteiger partial charge is 0.461 e. The van der Waals surface area contributed by atoms with Gasteiger partial charge < -0.3 is 4.42 Å². The summed E-state index contributed by atoms with van der Waals surface area (Å²) in [6, 6.07) is 3.38. The van der Waals surface area contributed by atoms with Crippen LogP contribution in [0.2, 0.25) is 0 Å². The molecular formula is C10H12O2. The van der Waals surface area contributed by atoms with Gasteiger partial charge >= 0.3 is 0 Å². The topological polar surface area (TPSA) is 30.2 Å². The van der Waals surface area contributed by atoms with Crippen molar-refractivity contribution in [1.29, 1.82) is 0 Å². The van der Waals surface area contributed by atoms with Gasteiger partial charge in [-0.25, -0.2) is 0 Å². The number of furan rings is 1. The SMILES string of the molecule is C=C(CC)CC(=O)c1ccco1. The molecule has 0 aliphatic rings. The smallest absolute Gasteiger partial charge is 0.201 e. The number of ketones is 1. The van der Waals surface area contributed by atoms with Crippen molar-refractivity contribution in [1.82, 2.24) is 0 Å². The second kappa shape index (κ2) is 3.90. The van der Waals surface area contributed by atoms with Crippen LogP contribution in [0.25, 0.3) is 0 Å². The van der Waals surface area contributed by atoms with Crippen molar-refractivity contribution in [2.45, 2.75) is 19.8 Å². The lowest BCUT2D eigenvalue weighted by atomic mass is 10.1. The van der Waals surface area contributed by atoms with Crippen LogP contribution < -0.4 is 0 Å². The lowest BCUT2D eigenvalue weighted by molar-refractivity contribution is 0.0966. The van der Waals surface area contributed by atoms with Gasteiger partial charge in [0.25, 0.3) is 0 Å². The van der Waals surface area contributed by atoms with Crippen LogP contribution in [0.15, 0.2) is 35.0 Å². The number of Topliss-reactive ketones (excluding diaryl/α,β-unsaturated/α-hetero) is 1. The fourth-order valence-electron chi connectivity index (χ4n) is 0.876. The zero-order valence-electron chi connectivity index (χ0n) is 7.17. The molecule has 1 rings (SSSR count). The van der Waals surface area contributed by atoms with Crippen molar-refractivity contribution in [2.75, 3.05) is 0 Å². The molecule has 2 nitrogen and oxygen atoms in total. The monoisotopic (exact) mass is 164 g/mol. The first kappa shape index (κ1) is 8.78. The van der Waals surface area contributed by atoms with E-state index >= 15 is 0 Å². The maximum atomic E-state index is 11.3. The molecule has 0 saturated carbocycles. The van der Waals surface area contributed by atoms with E-state index < -0.39 is 0 Å². The molecule has 0 fully saturated rings. The lowest BCUT2D eigenvalue weighted by Gasteiger charge is -1.97. The van der Waals surface area contributed by atoms with E-state index in [-0.39, 0.29) is 5.78 Å². The quantitative estimate of drug-likeness (QED) is 0.506.